The maximum absolute atomic E-state index is 10.2. The summed E-state index contributed by atoms with van der Waals surface area (Å²) in [7, 11) is 1.61. The van der Waals surface area contributed by atoms with E-state index >= 15 is 0 Å². The summed E-state index contributed by atoms with van der Waals surface area (Å²) in [6.45, 7) is 0.452. The summed E-state index contributed by atoms with van der Waals surface area (Å²) in [4.78, 5) is 0. The van der Waals surface area contributed by atoms with Crippen LogP contribution < -0.4 is 10.5 Å². The zero-order chi connectivity index (χ0) is 12.3. The first kappa shape index (κ1) is 11.9. The first-order chi connectivity index (χ1) is 8.27. The fourth-order valence-electron chi connectivity index (χ4n) is 2.10. The van der Waals surface area contributed by atoms with Crippen molar-refractivity contribution in [2.75, 3.05) is 13.7 Å². The van der Waals surface area contributed by atoms with Gasteiger partial charge in [-0.1, -0.05) is 30.3 Å². The van der Waals surface area contributed by atoms with E-state index in [1.54, 1.807) is 7.11 Å². The Morgan fingerprint density at radius 1 is 1.24 bits per heavy atom. The van der Waals surface area contributed by atoms with E-state index in [0.717, 1.165) is 16.3 Å². The first-order valence-corrected chi connectivity index (χ1v) is 5.71. The number of hydrogen-bond acceptors (Lipinski definition) is 3. The molecule has 3 N–H and O–H groups in total. The molecule has 0 bridgehead atoms. The number of methoxy groups -OCH3 is 1. The normalized spacial score (nSPS) is 12.6. The van der Waals surface area contributed by atoms with Gasteiger partial charge in [0.2, 0.25) is 0 Å². The van der Waals surface area contributed by atoms with Crippen molar-refractivity contribution in [1.82, 2.24) is 0 Å². The number of aliphatic hydroxyl groups is 1. The number of nitrogens with two attached hydrogens (primary N) is 1. The maximum Gasteiger partial charge on any atom is 0.125 e. The number of fused-ring (bicyclic) bond motifs is 1. The Labute approximate surface area is 101 Å². The van der Waals surface area contributed by atoms with Crippen LogP contribution in [0.3, 0.4) is 0 Å². The Balaban J connectivity index is 2.62. The van der Waals surface area contributed by atoms with Crippen molar-refractivity contribution in [1.29, 1.82) is 0 Å². The second-order valence-corrected chi connectivity index (χ2v) is 4.00. The zero-order valence-electron chi connectivity index (χ0n) is 9.89. The van der Waals surface area contributed by atoms with Crippen LogP contribution in [0.25, 0.3) is 10.8 Å². The largest absolute Gasteiger partial charge is 0.496 e. The maximum atomic E-state index is 10.2. The predicted octanol–water partition coefficient (Wildman–Crippen LogP) is 2.23. The highest BCUT2D eigenvalue weighted by Gasteiger charge is 2.15. The molecule has 0 aliphatic carbocycles. The van der Waals surface area contributed by atoms with E-state index in [-0.39, 0.29) is 0 Å². The summed E-state index contributed by atoms with van der Waals surface area (Å²) in [5.74, 6) is 0.713. The van der Waals surface area contributed by atoms with Crippen molar-refractivity contribution in [2.24, 2.45) is 5.73 Å². The molecule has 0 fully saturated rings. The van der Waals surface area contributed by atoms with Crippen LogP contribution in [0.1, 0.15) is 18.1 Å². The second-order valence-electron chi connectivity index (χ2n) is 4.00. The van der Waals surface area contributed by atoms with Crippen LogP contribution in [0, 0.1) is 0 Å². The molecule has 3 nitrogen and oxygen atoms in total. The zero-order valence-corrected chi connectivity index (χ0v) is 9.89. The molecule has 2 aromatic rings. The molecule has 0 saturated heterocycles. The average molecular weight is 231 g/mol. The molecule has 2 aromatic carbocycles. The van der Waals surface area contributed by atoms with Gasteiger partial charge in [-0.05, 0) is 29.8 Å². The smallest absolute Gasteiger partial charge is 0.125 e. The van der Waals surface area contributed by atoms with Gasteiger partial charge in [-0.15, -0.1) is 0 Å². The Morgan fingerprint density at radius 3 is 2.71 bits per heavy atom. The molecule has 0 aliphatic rings. The monoisotopic (exact) mass is 231 g/mol. The minimum atomic E-state index is -0.582. The first-order valence-electron chi connectivity index (χ1n) is 5.71. The van der Waals surface area contributed by atoms with E-state index in [1.807, 2.05) is 36.4 Å². The third-order valence-corrected chi connectivity index (χ3v) is 2.92. The Hall–Kier alpha value is -1.58. The molecular formula is C14H17NO2. The average Bonchev–Trinajstić information content (AvgIpc) is 2.37. The quantitative estimate of drug-likeness (QED) is 0.848. The molecule has 0 aromatic heterocycles. The third-order valence-electron chi connectivity index (χ3n) is 2.92. The summed E-state index contributed by atoms with van der Waals surface area (Å²) < 4.78 is 5.32. The van der Waals surface area contributed by atoms with E-state index in [2.05, 4.69) is 0 Å². The molecule has 17 heavy (non-hydrogen) atoms. The van der Waals surface area contributed by atoms with Gasteiger partial charge in [0.15, 0.2) is 0 Å². The van der Waals surface area contributed by atoms with Crippen molar-refractivity contribution in [3.8, 4) is 5.75 Å². The van der Waals surface area contributed by atoms with Gasteiger partial charge in [0.05, 0.1) is 13.2 Å². The van der Waals surface area contributed by atoms with Crippen molar-refractivity contribution < 1.29 is 9.84 Å². The molecule has 0 spiro atoms. The van der Waals surface area contributed by atoms with E-state index in [9.17, 15) is 5.11 Å². The second kappa shape index (κ2) is 5.17. The predicted molar refractivity (Wildman–Crippen MR) is 69.1 cm³/mol. The topological polar surface area (TPSA) is 55.5 Å². The summed E-state index contributed by atoms with van der Waals surface area (Å²) in [5, 5.41) is 12.3. The van der Waals surface area contributed by atoms with Crippen LogP contribution >= 0.6 is 0 Å². The van der Waals surface area contributed by atoms with Gasteiger partial charge < -0.3 is 15.6 Å². The fraction of sp³-hybridized carbons (Fsp3) is 0.286. The lowest BCUT2D eigenvalue weighted by Gasteiger charge is -2.16. The van der Waals surface area contributed by atoms with Crippen LogP contribution in [0.2, 0.25) is 0 Å². The molecule has 0 amide bonds. The van der Waals surface area contributed by atoms with Crippen molar-refractivity contribution >= 4 is 10.8 Å². The molecule has 0 heterocycles. The van der Waals surface area contributed by atoms with Crippen LogP contribution in [0.15, 0.2) is 36.4 Å². The summed E-state index contributed by atoms with van der Waals surface area (Å²) in [6.07, 6.45) is -0.0503. The number of benzene rings is 2. The standard InChI is InChI=1S/C14H17NO2/c1-17-13-7-6-10-4-2-3-5-11(10)14(13)12(16)8-9-15/h2-7,12,16H,8-9,15H2,1H3/t12-/m0/s1. The highest BCUT2D eigenvalue weighted by Crippen LogP contribution is 2.34. The summed E-state index contributed by atoms with van der Waals surface area (Å²) in [5.41, 5.74) is 6.33. The SMILES string of the molecule is COc1ccc2ccccc2c1[C@@H](O)CCN. The summed E-state index contributed by atoms with van der Waals surface area (Å²) in [6, 6.07) is 11.8. The lowest BCUT2D eigenvalue weighted by Crippen LogP contribution is -2.08. The van der Waals surface area contributed by atoms with Gasteiger partial charge in [0.1, 0.15) is 5.75 Å². The molecule has 0 radical (unpaired) electrons. The van der Waals surface area contributed by atoms with Crippen LogP contribution in [-0.4, -0.2) is 18.8 Å². The molecule has 90 valence electrons. The highest BCUT2D eigenvalue weighted by molar-refractivity contribution is 5.88. The molecule has 0 saturated carbocycles. The molecular weight excluding hydrogens is 214 g/mol. The number of ether oxygens (including phenoxy) is 1. The molecule has 1 atom stereocenters. The Kier molecular flexibility index (Phi) is 3.61. The minimum absolute atomic E-state index is 0.452. The highest BCUT2D eigenvalue weighted by atomic mass is 16.5. The van der Waals surface area contributed by atoms with Crippen LogP contribution in [0.5, 0.6) is 5.75 Å². The minimum Gasteiger partial charge on any atom is -0.496 e. The van der Waals surface area contributed by atoms with Gasteiger partial charge in [-0.3, -0.25) is 0 Å². The third kappa shape index (κ3) is 2.25. The molecule has 2 rings (SSSR count). The Morgan fingerprint density at radius 2 is 2.00 bits per heavy atom. The lowest BCUT2D eigenvalue weighted by atomic mass is 9.97. The van der Waals surface area contributed by atoms with Gasteiger partial charge in [-0.25, -0.2) is 0 Å². The van der Waals surface area contributed by atoms with Crippen molar-refractivity contribution in [2.45, 2.75) is 12.5 Å². The van der Waals surface area contributed by atoms with Crippen LogP contribution in [0.4, 0.5) is 0 Å². The molecule has 0 unspecified atom stereocenters. The van der Waals surface area contributed by atoms with Gasteiger partial charge in [-0.2, -0.15) is 0 Å². The Bertz CT molecular complexity index is 511. The van der Waals surface area contributed by atoms with Crippen LogP contribution in [-0.2, 0) is 0 Å². The van der Waals surface area contributed by atoms with E-state index in [1.165, 1.54) is 0 Å². The number of rotatable bonds is 4. The number of hydrogen-bond donors (Lipinski definition) is 2. The molecule has 3 heteroatoms. The molecule has 0 aliphatic heterocycles. The van der Waals surface area contributed by atoms with E-state index < -0.39 is 6.10 Å². The van der Waals surface area contributed by atoms with E-state index in [4.69, 9.17) is 10.5 Å². The van der Waals surface area contributed by atoms with Gasteiger partial charge >= 0.3 is 0 Å². The van der Waals surface area contributed by atoms with Crippen molar-refractivity contribution in [3.63, 3.8) is 0 Å². The van der Waals surface area contributed by atoms with Crippen molar-refractivity contribution in [3.05, 3.63) is 42.0 Å². The van der Waals surface area contributed by atoms with Gasteiger partial charge in [0.25, 0.3) is 0 Å². The fourth-order valence-corrected chi connectivity index (χ4v) is 2.10. The number of aliphatic hydroxyl groups excluding tert-OH is 1. The van der Waals surface area contributed by atoms with Gasteiger partial charge in [0, 0.05) is 5.56 Å². The summed E-state index contributed by atoms with van der Waals surface area (Å²) >= 11 is 0. The van der Waals surface area contributed by atoms with E-state index in [0.29, 0.717) is 18.7 Å². The lowest BCUT2D eigenvalue weighted by molar-refractivity contribution is 0.168.